The molecule has 1 aromatic rings. The van der Waals surface area contributed by atoms with E-state index in [-0.39, 0.29) is 36.1 Å². The molecule has 6 nitrogen and oxygen atoms in total. The van der Waals surface area contributed by atoms with Crippen LogP contribution in [0, 0.1) is 5.41 Å². The first-order valence-electron chi connectivity index (χ1n) is 8.29. The third-order valence-electron chi connectivity index (χ3n) is 5.61. The zero-order chi connectivity index (χ0) is 17.2. The predicted molar refractivity (Wildman–Crippen MR) is 86.6 cm³/mol. The summed E-state index contributed by atoms with van der Waals surface area (Å²) in [5.41, 5.74) is 0.791. The van der Waals surface area contributed by atoms with E-state index < -0.39 is 6.04 Å². The number of carbonyl (C=O) groups is 2. The van der Waals surface area contributed by atoms with Gasteiger partial charge in [-0.15, -0.1) is 0 Å². The zero-order valence-electron chi connectivity index (χ0n) is 14.4. The summed E-state index contributed by atoms with van der Waals surface area (Å²) in [5.74, 6) is 1.46. The predicted octanol–water partition coefficient (Wildman–Crippen LogP) is 1.94. The van der Waals surface area contributed by atoms with Crippen LogP contribution in [0.25, 0.3) is 0 Å². The van der Waals surface area contributed by atoms with Crippen molar-refractivity contribution in [2.45, 2.75) is 45.3 Å². The Labute approximate surface area is 141 Å². The molecule has 1 unspecified atom stereocenters. The van der Waals surface area contributed by atoms with Gasteiger partial charge in [-0.3, -0.25) is 9.59 Å². The average molecular weight is 330 g/mol. The molecule has 0 N–H and O–H groups in total. The maximum atomic E-state index is 12.9. The molecule has 3 heterocycles. The van der Waals surface area contributed by atoms with Crippen molar-refractivity contribution in [3.63, 3.8) is 0 Å². The average Bonchev–Trinajstić information content (AvgIpc) is 3.11. The van der Waals surface area contributed by atoms with E-state index in [0.29, 0.717) is 12.2 Å². The zero-order valence-corrected chi connectivity index (χ0v) is 14.4. The van der Waals surface area contributed by atoms with Crippen LogP contribution in [-0.2, 0) is 9.59 Å². The van der Waals surface area contributed by atoms with E-state index in [9.17, 15) is 9.59 Å². The Hall–Kier alpha value is -2.24. The number of amides is 2. The monoisotopic (exact) mass is 330 g/mol. The van der Waals surface area contributed by atoms with E-state index in [1.807, 2.05) is 18.2 Å². The van der Waals surface area contributed by atoms with Crippen LogP contribution in [0.15, 0.2) is 18.2 Å². The van der Waals surface area contributed by atoms with Crippen LogP contribution >= 0.6 is 0 Å². The summed E-state index contributed by atoms with van der Waals surface area (Å²) in [4.78, 5) is 29.0. The van der Waals surface area contributed by atoms with Gasteiger partial charge < -0.3 is 19.3 Å². The van der Waals surface area contributed by atoms with Gasteiger partial charge >= 0.3 is 0 Å². The van der Waals surface area contributed by atoms with E-state index in [0.717, 1.165) is 11.3 Å². The second kappa shape index (κ2) is 4.88. The molecule has 0 saturated carbocycles. The lowest BCUT2D eigenvalue weighted by atomic mass is 9.80. The number of carbonyl (C=O) groups excluding carboxylic acids is 2. The summed E-state index contributed by atoms with van der Waals surface area (Å²) >= 11 is 0. The normalized spacial score (nSPS) is 30.8. The van der Waals surface area contributed by atoms with Gasteiger partial charge in [-0.1, -0.05) is 19.9 Å². The SMILES string of the molecule is C[C@H]1C(=O)N2C(CC(C)(C)[C@H]2c2ccc3c(c2)OCO3)C(=O)N1C. The second-order valence-corrected chi connectivity index (χ2v) is 7.59. The standard InChI is InChI=1S/C18H22N2O4/c1-10-16(21)20-12(17(22)19(10)4)8-18(2,3)15(20)11-5-6-13-14(7-11)24-9-23-13/h5-7,10,12,15H,8-9H2,1-4H3/t10-,12?,15+/m0/s1. The summed E-state index contributed by atoms with van der Waals surface area (Å²) in [6.07, 6.45) is 0.660. The van der Waals surface area contributed by atoms with Gasteiger partial charge in [-0.25, -0.2) is 0 Å². The number of hydrogen-bond acceptors (Lipinski definition) is 4. The number of piperazine rings is 1. The number of benzene rings is 1. The summed E-state index contributed by atoms with van der Waals surface area (Å²) in [7, 11) is 1.71. The smallest absolute Gasteiger partial charge is 0.246 e. The van der Waals surface area contributed by atoms with Gasteiger partial charge in [0.1, 0.15) is 12.1 Å². The van der Waals surface area contributed by atoms with E-state index in [4.69, 9.17) is 9.47 Å². The van der Waals surface area contributed by atoms with Gasteiger partial charge in [-0.2, -0.15) is 0 Å². The molecule has 0 spiro atoms. The molecule has 6 heteroatoms. The molecular formula is C18H22N2O4. The van der Waals surface area contributed by atoms with E-state index in [2.05, 4.69) is 13.8 Å². The molecule has 3 aliphatic rings. The van der Waals surface area contributed by atoms with Crippen LogP contribution in [0.2, 0.25) is 0 Å². The number of ether oxygens (including phenoxy) is 2. The summed E-state index contributed by atoms with van der Waals surface area (Å²) in [6.45, 7) is 6.24. The molecule has 0 aliphatic carbocycles. The van der Waals surface area contributed by atoms with Gasteiger partial charge in [0.25, 0.3) is 0 Å². The number of fused-ring (bicyclic) bond motifs is 2. The minimum absolute atomic E-state index is 0.00958. The quantitative estimate of drug-likeness (QED) is 0.790. The van der Waals surface area contributed by atoms with Crippen molar-refractivity contribution in [2.24, 2.45) is 5.41 Å². The molecule has 2 amide bonds. The van der Waals surface area contributed by atoms with E-state index >= 15 is 0 Å². The van der Waals surface area contributed by atoms with E-state index in [1.165, 1.54) is 0 Å². The first-order valence-corrected chi connectivity index (χ1v) is 8.29. The van der Waals surface area contributed by atoms with Crippen molar-refractivity contribution in [1.29, 1.82) is 0 Å². The number of rotatable bonds is 1. The van der Waals surface area contributed by atoms with Crippen molar-refractivity contribution in [2.75, 3.05) is 13.8 Å². The Balaban J connectivity index is 1.79. The topological polar surface area (TPSA) is 59.1 Å². The minimum Gasteiger partial charge on any atom is -0.454 e. The lowest BCUT2D eigenvalue weighted by Gasteiger charge is -2.42. The lowest BCUT2D eigenvalue weighted by molar-refractivity contribution is -0.159. The van der Waals surface area contributed by atoms with Crippen LogP contribution in [0.1, 0.15) is 38.8 Å². The fourth-order valence-electron chi connectivity index (χ4n) is 4.25. The van der Waals surface area contributed by atoms with Crippen LogP contribution < -0.4 is 9.47 Å². The van der Waals surface area contributed by atoms with Gasteiger partial charge in [0.15, 0.2) is 11.5 Å². The minimum atomic E-state index is -0.431. The third kappa shape index (κ3) is 1.95. The molecule has 24 heavy (non-hydrogen) atoms. The Morgan fingerprint density at radius 1 is 1.12 bits per heavy atom. The van der Waals surface area contributed by atoms with Crippen molar-refractivity contribution in [1.82, 2.24) is 9.80 Å². The Morgan fingerprint density at radius 3 is 2.58 bits per heavy atom. The Morgan fingerprint density at radius 2 is 1.83 bits per heavy atom. The second-order valence-electron chi connectivity index (χ2n) is 7.59. The molecule has 0 aromatic heterocycles. The summed E-state index contributed by atoms with van der Waals surface area (Å²) in [5, 5.41) is 0. The molecule has 4 rings (SSSR count). The molecule has 128 valence electrons. The molecule has 2 fully saturated rings. The highest BCUT2D eigenvalue weighted by atomic mass is 16.7. The van der Waals surface area contributed by atoms with Crippen LogP contribution in [0.3, 0.4) is 0 Å². The van der Waals surface area contributed by atoms with Crippen LogP contribution in [0.5, 0.6) is 11.5 Å². The molecule has 1 aromatic carbocycles. The van der Waals surface area contributed by atoms with Crippen molar-refractivity contribution < 1.29 is 19.1 Å². The maximum Gasteiger partial charge on any atom is 0.246 e. The molecule has 3 atom stereocenters. The van der Waals surface area contributed by atoms with E-state index in [1.54, 1.807) is 23.8 Å². The van der Waals surface area contributed by atoms with Gasteiger partial charge in [-0.05, 0) is 36.5 Å². The highest BCUT2D eigenvalue weighted by Crippen LogP contribution is 2.52. The Bertz CT molecular complexity index is 730. The first kappa shape index (κ1) is 15.3. The molecule has 0 radical (unpaired) electrons. The number of nitrogens with zero attached hydrogens (tertiary/aromatic N) is 2. The highest BCUT2D eigenvalue weighted by molar-refractivity contribution is 5.97. The van der Waals surface area contributed by atoms with Crippen molar-refractivity contribution in [3.05, 3.63) is 23.8 Å². The van der Waals surface area contributed by atoms with Crippen molar-refractivity contribution >= 4 is 11.8 Å². The highest BCUT2D eigenvalue weighted by Gasteiger charge is 2.56. The largest absolute Gasteiger partial charge is 0.454 e. The fraction of sp³-hybridized carbons (Fsp3) is 0.556. The molecular weight excluding hydrogens is 308 g/mol. The lowest BCUT2D eigenvalue weighted by Crippen LogP contribution is -2.60. The maximum absolute atomic E-state index is 12.9. The third-order valence-corrected chi connectivity index (χ3v) is 5.61. The Kier molecular flexibility index (Phi) is 3.11. The first-order chi connectivity index (χ1) is 11.3. The van der Waals surface area contributed by atoms with Gasteiger partial charge in [0.2, 0.25) is 18.6 Å². The number of hydrogen-bond donors (Lipinski definition) is 0. The van der Waals surface area contributed by atoms with Crippen molar-refractivity contribution in [3.8, 4) is 11.5 Å². The molecule has 0 bridgehead atoms. The molecule has 2 saturated heterocycles. The van der Waals surface area contributed by atoms with Crippen LogP contribution in [0.4, 0.5) is 0 Å². The van der Waals surface area contributed by atoms with Gasteiger partial charge in [0.05, 0.1) is 6.04 Å². The number of likely N-dealkylation sites (N-methyl/N-ethyl adjacent to an activating group) is 1. The summed E-state index contributed by atoms with van der Waals surface area (Å²) < 4.78 is 10.9. The van der Waals surface area contributed by atoms with Gasteiger partial charge in [0, 0.05) is 7.05 Å². The summed E-state index contributed by atoms with van der Waals surface area (Å²) in [6, 6.07) is 4.83. The molecule has 3 aliphatic heterocycles. The van der Waals surface area contributed by atoms with Crippen LogP contribution in [-0.4, -0.2) is 47.5 Å². The fourth-order valence-corrected chi connectivity index (χ4v) is 4.25.